The average molecular weight is 142 g/mol. The molecule has 2 fully saturated rings. The zero-order chi connectivity index (χ0) is 7.30. The predicted molar refractivity (Wildman–Crippen MR) is 37.6 cm³/mol. The van der Waals surface area contributed by atoms with Gasteiger partial charge in [0.05, 0.1) is 12.2 Å². The van der Waals surface area contributed by atoms with E-state index in [0.717, 1.165) is 0 Å². The monoisotopic (exact) mass is 142 g/mol. The maximum absolute atomic E-state index is 8.84. The molecule has 0 aromatic carbocycles. The molecule has 0 radical (unpaired) electrons. The number of fused-ring (bicyclic) bond motifs is 1. The van der Waals surface area contributed by atoms with Crippen LogP contribution in [0.1, 0.15) is 13.8 Å². The minimum absolute atomic E-state index is 0.312. The molecule has 2 aliphatic rings. The Bertz CT molecular complexity index is 146. The third-order valence-electron chi connectivity index (χ3n) is 3.09. The Kier molecular flexibility index (Phi) is 1.29. The lowest BCUT2D eigenvalue weighted by atomic mass is 10.0. The third kappa shape index (κ3) is 0.663. The smallest absolute Gasteiger partial charge is 0.0668 e. The second kappa shape index (κ2) is 1.95. The quantitative estimate of drug-likeness (QED) is 0.582. The summed E-state index contributed by atoms with van der Waals surface area (Å²) in [6, 6.07) is 0. The molecule has 0 bridgehead atoms. The standard InChI is InChI=1S/C8H14O2/c1-4-5(2)10-8-6(3-9)7(4)8/h4-9H,3H2,1-2H3/t4?,5?,6-,7+,8?/m1/s1. The number of hydrogen-bond acceptors (Lipinski definition) is 2. The molecule has 0 aromatic heterocycles. The van der Waals surface area contributed by atoms with Crippen molar-refractivity contribution in [2.45, 2.75) is 26.1 Å². The molecule has 1 aliphatic carbocycles. The van der Waals surface area contributed by atoms with E-state index in [0.29, 0.717) is 36.6 Å². The van der Waals surface area contributed by atoms with Gasteiger partial charge in [-0.25, -0.2) is 0 Å². The highest BCUT2D eigenvalue weighted by molar-refractivity contribution is 5.06. The Morgan fingerprint density at radius 2 is 2.10 bits per heavy atom. The number of hydrogen-bond donors (Lipinski definition) is 1. The maximum Gasteiger partial charge on any atom is 0.0668 e. The van der Waals surface area contributed by atoms with E-state index in [1.165, 1.54) is 0 Å². The van der Waals surface area contributed by atoms with Crippen molar-refractivity contribution < 1.29 is 9.84 Å². The highest BCUT2D eigenvalue weighted by Crippen LogP contribution is 2.54. The molecule has 1 aliphatic heterocycles. The van der Waals surface area contributed by atoms with Gasteiger partial charge in [-0.15, -0.1) is 0 Å². The Balaban J connectivity index is 2.00. The Hall–Kier alpha value is -0.0800. The van der Waals surface area contributed by atoms with Gasteiger partial charge in [-0.2, -0.15) is 0 Å². The molecular formula is C8H14O2. The molecule has 1 heterocycles. The topological polar surface area (TPSA) is 29.5 Å². The van der Waals surface area contributed by atoms with Gasteiger partial charge in [0, 0.05) is 12.5 Å². The van der Waals surface area contributed by atoms with E-state index in [4.69, 9.17) is 9.84 Å². The first-order valence-corrected chi connectivity index (χ1v) is 4.02. The second-order valence-corrected chi connectivity index (χ2v) is 3.59. The Morgan fingerprint density at radius 3 is 2.50 bits per heavy atom. The lowest BCUT2D eigenvalue weighted by molar-refractivity contribution is 0.0415. The average Bonchev–Trinajstić information content (AvgIpc) is 2.52. The Labute approximate surface area is 61.2 Å². The summed E-state index contributed by atoms with van der Waals surface area (Å²) < 4.78 is 5.59. The molecule has 1 N–H and O–H groups in total. The van der Waals surface area contributed by atoms with Crippen LogP contribution in [0.4, 0.5) is 0 Å². The molecular weight excluding hydrogens is 128 g/mol. The first-order chi connectivity index (χ1) is 4.75. The molecule has 2 heteroatoms. The fourth-order valence-corrected chi connectivity index (χ4v) is 2.16. The van der Waals surface area contributed by atoms with E-state index in [-0.39, 0.29) is 0 Å². The van der Waals surface area contributed by atoms with Gasteiger partial charge in [0.2, 0.25) is 0 Å². The second-order valence-electron chi connectivity index (χ2n) is 3.59. The van der Waals surface area contributed by atoms with Gasteiger partial charge in [-0.3, -0.25) is 0 Å². The van der Waals surface area contributed by atoms with E-state index >= 15 is 0 Å². The zero-order valence-electron chi connectivity index (χ0n) is 6.45. The van der Waals surface area contributed by atoms with Crippen LogP contribution in [0, 0.1) is 17.8 Å². The fraction of sp³-hybridized carbons (Fsp3) is 1.00. The molecule has 0 amide bonds. The first-order valence-electron chi connectivity index (χ1n) is 4.02. The van der Waals surface area contributed by atoms with Crippen LogP contribution in [0.3, 0.4) is 0 Å². The van der Waals surface area contributed by atoms with Crippen molar-refractivity contribution in [3.8, 4) is 0 Å². The van der Waals surface area contributed by atoms with Crippen molar-refractivity contribution in [2.24, 2.45) is 17.8 Å². The summed E-state index contributed by atoms with van der Waals surface area (Å²) in [7, 11) is 0. The molecule has 10 heavy (non-hydrogen) atoms. The van der Waals surface area contributed by atoms with Gasteiger partial charge in [0.1, 0.15) is 0 Å². The van der Waals surface area contributed by atoms with Gasteiger partial charge in [0.25, 0.3) is 0 Å². The summed E-state index contributed by atoms with van der Waals surface area (Å²) in [5, 5.41) is 8.84. The normalized spacial score (nSPS) is 58.5. The van der Waals surface area contributed by atoms with Gasteiger partial charge in [-0.1, -0.05) is 6.92 Å². The van der Waals surface area contributed by atoms with Crippen LogP contribution in [-0.4, -0.2) is 23.9 Å². The lowest BCUT2D eigenvalue weighted by Crippen LogP contribution is -2.17. The molecule has 5 atom stereocenters. The summed E-state index contributed by atoms with van der Waals surface area (Å²) >= 11 is 0. The first kappa shape index (κ1) is 6.62. The number of aliphatic hydroxyl groups is 1. The molecule has 1 saturated heterocycles. The van der Waals surface area contributed by atoms with Crippen molar-refractivity contribution in [1.29, 1.82) is 0 Å². The zero-order valence-corrected chi connectivity index (χ0v) is 6.45. The molecule has 2 rings (SSSR count). The predicted octanol–water partition coefficient (Wildman–Crippen LogP) is 0.648. The van der Waals surface area contributed by atoms with Crippen molar-refractivity contribution in [1.82, 2.24) is 0 Å². The SMILES string of the molecule is CC1OC2[C@@H](C1C)[C@H]2CO. The summed E-state index contributed by atoms with van der Waals surface area (Å²) in [4.78, 5) is 0. The largest absolute Gasteiger partial charge is 0.396 e. The molecule has 0 aromatic rings. The van der Waals surface area contributed by atoms with Crippen LogP contribution in [0.15, 0.2) is 0 Å². The van der Waals surface area contributed by atoms with E-state index in [9.17, 15) is 0 Å². The molecule has 1 saturated carbocycles. The maximum atomic E-state index is 8.84. The van der Waals surface area contributed by atoms with Gasteiger partial charge >= 0.3 is 0 Å². The summed E-state index contributed by atoms with van der Waals surface area (Å²) in [5.74, 6) is 1.79. The summed E-state index contributed by atoms with van der Waals surface area (Å²) in [5.41, 5.74) is 0. The molecule has 2 nitrogen and oxygen atoms in total. The van der Waals surface area contributed by atoms with E-state index in [2.05, 4.69) is 13.8 Å². The van der Waals surface area contributed by atoms with Gasteiger partial charge in [0.15, 0.2) is 0 Å². The highest BCUT2D eigenvalue weighted by atomic mass is 16.5. The highest BCUT2D eigenvalue weighted by Gasteiger charge is 2.60. The summed E-state index contributed by atoms with van der Waals surface area (Å²) in [6.07, 6.45) is 0.813. The van der Waals surface area contributed by atoms with Crippen LogP contribution in [0.25, 0.3) is 0 Å². The van der Waals surface area contributed by atoms with Gasteiger partial charge < -0.3 is 9.84 Å². The fourth-order valence-electron chi connectivity index (χ4n) is 2.16. The Morgan fingerprint density at radius 1 is 1.40 bits per heavy atom. The minimum Gasteiger partial charge on any atom is -0.396 e. The van der Waals surface area contributed by atoms with Crippen LogP contribution in [-0.2, 0) is 4.74 Å². The molecule has 3 unspecified atom stereocenters. The van der Waals surface area contributed by atoms with Crippen LogP contribution < -0.4 is 0 Å². The summed E-state index contributed by atoms with van der Waals surface area (Å²) in [6.45, 7) is 4.64. The van der Waals surface area contributed by atoms with Crippen LogP contribution >= 0.6 is 0 Å². The number of aliphatic hydroxyl groups excluding tert-OH is 1. The van der Waals surface area contributed by atoms with Crippen molar-refractivity contribution >= 4 is 0 Å². The van der Waals surface area contributed by atoms with Crippen LogP contribution in [0.5, 0.6) is 0 Å². The van der Waals surface area contributed by atoms with E-state index < -0.39 is 0 Å². The van der Waals surface area contributed by atoms with Crippen molar-refractivity contribution in [3.05, 3.63) is 0 Å². The van der Waals surface area contributed by atoms with Gasteiger partial charge in [-0.05, 0) is 18.8 Å². The third-order valence-corrected chi connectivity index (χ3v) is 3.09. The molecule has 0 spiro atoms. The van der Waals surface area contributed by atoms with Crippen molar-refractivity contribution in [2.75, 3.05) is 6.61 Å². The van der Waals surface area contributed by atoms with E-state index in [1.807, 2.05) is 0 Å². The van der Waals surface area contributed by atoms with Crippen LogP contribution in [0.2, 0.25) is 0 Å². The van der Waals surface area contributed by atoms with Crippen molar-refractivity contribution in [3.63, 3.8) is 0 Å². The number of ether oxygens (including phenoxy) is 1. The number of rotatable bonds is 1. The minimum atomic E-state index is 0.312. The molecule has 58 valence electrons. The van der Waals surface area contributed by atoms with E-state index in [1.54, 1.807) is 0 Å². The lowest BCUT2D eigenvalue weighted by Gasteiger charge is -2.14.